The van der Waals surface area contributed by atoms with Crippen molar-refractivity contribution in [2.75, 3.05) is 34.7 Å². The summed E-state index contributed by atoms with van der Waals surface area (Å²) in [5, 5.41) is 18.2. The van der Waals surface area contributed by atoms with Gasteiger partial charge in [-0.2, -0.15) is 0 Å². The van der Waals surface area contributed by atoms with Crippen molar-refractivity contribution < 1.29 is 19.8 Å². The SMILES string of the molecule is CN(C)CCCCCCCCCC(B(C(=O)O)C(=O)O)N(C)C. The van der Waals surface area contributed by atoms with Crippen LogP contribution in [0, 0.1) is 0 Å². The quantitative estimate of drug-likeness (QED) is 0.377. The van der Waals surface area contributed by atoms with Gasteiger partial charge < -0.3 is 20.0 Å². The van der Waals surface area contributed by atoms with Crippen LogP contribution < -0.4 is 0 Å². The third-order valence-corrected chi connectivity index (χ3v) is 4.19. The van der Waals surface area contributed by atoms with Gasteiger partial charge in [0, 0.05) is 5.94 Å². The van der Waals surface area contributed by atoms with E-state index < -0.39 is 24.4 Å². The van der Waals surface area contributed by atoms with Crippen molar-refractivity contribution >= 4 is 18.5 Å². The predicted octanol–water partition coefficient (Wildman–Crippen LogP) is 3.15. The zero-order chi connectivity index (χ0) is 17.8. The van der Waals surface area contributed by atoms with E-state index in [0.717, 1.165) is 25.8 Å². The fourth-order valence-corrected chi connectivity index (χ4v) is 2.82. The second-order valence-electron chi connectivity index (χ2n) is 6.75. The number of rotatable bonds is 14. The molecule has 2 N–H and O–H groups in total. The van der Waals surface area contributed by atoms with Gasteiger partial charge in [0.2, 0.25) is 0 Å². The summed E-state index contributed by atoms with van der Waals surface area (Å²) < 4.78 is 0. The number of unbranched alkanes of at least 4 members (excludes halogenated alkanes) is 6. The Bertz CT molecular complexity index is 337. The average molecular weight is 328 g/mol. The molecular weight excluding hydrogens is 295 g/mol. The number of nitrogens with zero attached hydrogens (tertiary/aromatic N) is 2. The number of hydrogen-bond acceptors (Lipinski definition) is 4. The van der Waals surface area contributed by atoms with E-state index in [-0.39, 0.29) is 0 Å². The van der Waals surface area contributed by atoms with E-state index in [2.05, 4.69) is 19.0 Å². The monoisotopic (exact) mass is 328 g/mol. The highest BCUT2D eigenvalue weighted by Gasteiger charge is 2.41. The molecule has 0 spiro atoms. The Labute approximate surface area is 140 Å². The normalized spacial score (nSPS) is 12.6. The molecule has 0 aromatic rings. The molecule has 0 bridgehead atoms. The minimum atomic E-state index is -1.35. The highest BCUT2D eigenvalue weighted by Crippen LogP contribution is 2.14. The van der Waals surface area contributed by atoms with Crippen LogP contribution >= 0.6 is 0 Å². The van der Waals surface area contributed by atoms with Crippen molar-refractivity contribution in [3.8, 4) is 0 Å². The lowest BCUT2D eigenvalue weighted by atomic mass is 9.42. The molecule has 0 fully saturated rings. The fourth-order valence-electron chi connectivity index (χ4n) is 2.82. The first-order chi connectivity index (χ1) is 10.8. The number of carbonyl (C=O) groups is 2. The van der Waals surface area contributed by atoms with Crippen molar-refractivity contribution in [3.63, 3.8) is 0 Å². The molecule has 134 valence electrons. The number of carboxylic acid groups (broad SMARTS) is 2. The second kappa shape index (κ2) is 12.4. The van der Waals surface area contributed by atoms with Crippen molar-refractivity contribution in [2.24, 2.45) is 0 Å². The van der Waals surface area contributed by atoms with Gasteiger partial charge in [0.25, 0.3) is 11.7 Å². The van der Waals surface area contributed by atoms with E-state index in [1.165, 1.54) is 25.7 Å². The molecule has 0 saturated carbocycles. The average Bonchev–Trinajstić information content (AvgIpc) is 2.42. The van der Waals surface area contributed by atoms with E-state index in [0.29, 0.717) is 6.42 Å². The summed E-state index contributed by atoms with van der Waals surface area (Å²) in [6, 6.07) is 0. The van der Waals surface area contributed by atoms with Crippen molar-refractivity contribution in [2.45, 2.75) is 57.3 Å². The van der Waals surface area contributed by atoms with Gasteiger partial charge in [-0.3, -0.25) is 9.59 Å². The molecule has 0 rings (SSSR count). The Balaban J connectivity index is 3.94. The highest BCUT2D eigenvalue weighted by atomic mass is 16.4. The summed E-state index contributed by atoms with van der Waals surface area (Å²) in [4.78, 5) is 26.2. The third kappa shape index (κ3) is 10.3. The summed E-state index contributed by atoms with van der Waals surface area (Å²) in [5.74, 6) is -2.96. The Kier molecular flexibility index (Phi) is 11.8. The maximum absolute atomic E-state index is 11.2. The van der Waals surface area contributed by atoms with Crippen molar-refractivity contribution in [1.29, 1.82) is 0 Å². The van der Waals surface area contributed by atoms with Crippen LogP contribution in [0.5, 0.6) is 0 Å². The smallest absolute Gasteiger partial charge is 0.425 e. The molecule has 7 heteroatoms. The van der Waals surface area contributed by atoms with Gasteiger partial charge in [0.15, 0.2) is 0 Å². The summed E-state index contributed by atoms with van der Waals surface area (Å²) in [6.07, 6.45) is 8.55. The van der Waals surface area contributed by atoms with Gasteiger partial charge in [-0.25, -0.2) is 0 Å². The molecule has 0 amide bonds. The molecule has 6 nitrogen and oxygen atoms in total. The molecule has 1 atom stereocenters. The largest absolute Gasteiger partial charge is 0.489 e. The molecule has 0 aromatic heterocycles. The maximum atomic E-state index is 11.2. The lowest BCUT2D eigenvalue weighted by Gasteiger charge is -2.25. The zero-order valence-corrected chi connectivity index (χ0v) is 15.1. The summed E-state index contributed by atoms with van der Waals surface area (Å²) >= 11 is 0. The Morgan fingerprint density at radius 3 is 1.65 bits per heavy atom. The highest BCUT2D eigenvalue weighted by molar-refractivity contribution is 7.09. The van der Waals surface area contributed by atoms with E-state index in [4.69, 9.17) is 10.2 Å². The van der Waals surface area contributed by atoms with E-state index >= 15 is 0 Å². The van der Waals surface area contributed by atoms with Gasteiger partial charge in [0.05, 0.1) is 0 Å². The molecule has 0 radical (unpaired) electrons. The van der Waals surface area contributed by atoms with Crippen LogP contribution in [-0.4, -0.2) is 79.1 Å². The van der Waals surface area contributed by atoms with Crippen LogP contribution in [0.15, 0.2) is 0 Å². The first-order valence-corrected chi connectivity index (χ1v) is 8.54. The maximum Gasteiger partial charge on any atom is 0.425 e. The molecule has 23 heavy (non-hydrogen) atoms. The van der Waals surface area contributed by atoms with Gasteiger partial charge in [-0.05, 0) is 47.6 Å². The van der Waals surface area contributed by atoms with Crippen LogP contribution in [0.2, 0.25) is 0 Å². The lowest BCUT2D eigenvalue weighted by molar-refractivity contribution is 0.207. The molecule has 0 aliphatic rings. The Morgan fingerprint density at radius 2 is 1.26 bits per heavy atom. The summed E-state index contributed by atoms with van der Waals surface area (Å²) in [6.45, 7) is -0.216. The first kappa shape index (κ1) is 21.9. The van der Waals surface area contributed by atoms with E-state index in [9.17, 15) is 9.59 Å². The van der Waals surface area contributed by atoms with Crippen molar-refractivity contribution in [1.82, 2.24) is 9.80 Å². The zero-order valence-electron chi connectivity index (χ0n) is 15.1. The van der Waals surface area contributed by atoms with Gasteiger partial charge >= 0.3 is 6.71 Å². The topological polar surface area (TPSA) is 81.1 Å². The van der Waals surface area contributed by atoms with E-state index in [1.54, 1.807) is 19.0 Å². The standard InChI is InChI=1S/C16H33BN2O4/c1-18(2)13-11-9-7-5-6-8-10-12-14(19(3)4)17(15(20)21)16(22)23/h14H,5-13H2,1-4H3,(H,20,21)(H,22,23). The van der Waals surface area contributed by atoms with Gasteiger partial charge in [0.1, 0.15) is 0 Å². The van der Waals surface area contributed by atoms with Crippen molar-refractivity contribution in [3.05, 3.63) is 0 Å². The summed E-state index contributed by atoms with van der Waals surface area (Å²) in [5.41, 5.74) is 0. The van der Waals surface area contributed by atoms with Gasteiger partial charge in [-0.15, -0.1) is 0 Å². The minimum absolute atomic E-state index is 0.454. The molecule has 1 unspecified atom stereocenters. The molecular formula is C16H33BN2O4. The third-order valence-electron chi connectivity index (χ3n) is 4.19. The molecule has 0 aliphatic heterocycles. The molecule has 0 aliphatic carbocycles. The fraction of sp³-hybridized carbons (Fsp3) is 0.875. The van der Waals surface area contributed by atoms with Crippen LogP contribution in [0.3, 0.4) is 0 Å². The molecule has 0 heterocycles. The summed E-state index contributed by atoms with van der Waals surface area (Å²) in [7, 11) is 7.66. The molecule has 0 saturated heterocycles. The minimum Gasteiger partial charge on any atom is -0.489 e. The van der Waals surface area contributed by atoms with Crippen LogP contribution in [0.1, 0.15) is 51.4 Å². The van der Waals surface area contributed by atoms with Gasteiger partial charge in [-0.1, -0.05) is 38.5 Å². The first-order valence-electron chi connectivity index (χ1n) is 8.54. The number of hydrogen-bond donors (Lipinski definition) is 2. The Morgan fingerprint density at radius 1 is 0.826 bits per heavy atom. The van der Waals surface area contributed by atoms with Crippen LogP contribution in [0.25, 0.3) is 0 Å². The predicted molar refractivity (Wildman–Crippen MR) is 94.8 cm³/mol. The Hall–Kier alpha value is -1.08. The van der Waals surface area contributed by atoms with Crippen LogP contribution in [-0.2, 0) is 0 Å². The molecule has 0 aromatic carbocycles. The lowest BCUT2D eigenvalue weighted by Crippen LogP contribution is -2.51. The van der Waals surface area contributed by atoms with E-state index in [1.807, 2.05) is 0 Å². The van der Waals surface area contributed by atoms with Crippen LogP contribution in [0.4, 0.5) is 9.59 Å². The second-order valence-corrected chi connectivity index (χ2v) is 6.75.